The van der Waals surface area contributed by atoms with Crippen molar-refractivity contribution in [2.24, 2.45) is 5.41 Å². The Bertz CT molecular complexity index is 543. The van der Waals surface area contributed by atoms with Gasteiger partial charge in [-0.1, -0.05) is 31.9 Å². The highest BCUT2D eigenvalue weighted by Gasteiger charge is 2.35. The third-order valence-electron chi connectivity index (χ3n) is 4.00. The van der Waals surface area contributed by atoms with Gasteiger partial charge in [0.15, 0.2) is 0 Å². The highest BCUT2D eigenvalue weighted by atomic mass is 79.9. The van der Waals surface area contributed by atoms with Gasteiger partial charge in [0.2, 0.25) is 0 Å². The van der Waals surface area contributed by atoms with Crippen LogP contribution in [0, 0.1) is 5.41 Å². The van der Waals surface area contributed by atoms with Crippen LogP contribution in [0.2, 0.25) is 5.02 Å². The van der Waals surface area contributed by atoms with E-state index in [0.717, 1.165) is 19.3 Å². The largest absolute Gasteiger partial charge is 0.252 e. The predicted octanol–water partition coefficient (Wildman–Crippen LogP) is 4.36. The van der Waals surface area contributed by atoms with Crippen molar-refractivity contribution in [1.82, 2.24) is 4.31 Å². The maximum Gasteiger partial charge on any atom is 0.252 e. The van der Waals surface area contributed by atoms with Crippen molar-refractivity contribution in [3.63, 3.8) is 0 Å². The van der Waals surface area contributed by atoms with Crippen molar-refractivity contribution in [2.45, 2.75) is 37.3 Å². The zero-order chi connectivity index (χ0) is 14.3. The molecule has 0 aromatic carbocycles. The molecule has 2 heterocycles. The van der Waals surface area contributed by atoms with E-state index >= 15 is 0 Å². The number of hydrogen-bond donors (Lipinski definition) is 0. The summed E-state index contributed by atoms with van der Waals surface area (Å²) in [6, 6.07) is 1.53. The van der Waals surface area contributed by atoms with Gasteiger partial charge in [0.1, 0.15) is 4.21 Å². The molecule has 0 amide bonds. The molecule has 1 aromatic heterocycles. The Balaban J connectivity index is 2.18. The average Bonchev–Trinajstić information content (AvgIpc) is 2.71. The monoisotopic (exact) mass is 385 g/mol. The van der Waals surface area contributed by atoms with Gasteiger partial charge in [-0.3, -0.25) is 0 Å². The number of thiophene rings is 1. The molecule has 0 atom stereocenters. The van der Waals surface area contributed by atoms with Crippen LogP contribution in [0.4, 0.5) is 0 Å². The number of sulfonamides is 1. The summed E-state index contributed by atoms with van der Waals surface area (Å²) in [4.78, 5) is 0. The highest BCUT2D eigenvalue weighted by Crippen LogP contribution is 2.39. The average molecular weight is 387 g/mol. The van der Waals surface area contributed by atoms with Crippen molar-refractivity contribution in [3.05, 3.63) is 14.9 Å². The molecule has 3 nitrogen and oxygen atoms in total. The molecule has 0 radical (unpaired) electrons. The van der Waals surface area contributed by atoms with Gasteiger partial charge in [-0.15, -0.1) is 11.3 Å². The predicted molar refractivity (Wildman–Crippen MR) is 83.4 cm³/mol. The van der Waals surface area contributed by atoms with E-state index < -0.39 is 10.0 Å². The smallest absolute Gasteiger partial charge is 0.206 e. The van der Waals surface area contributed by atoms with Crippen LogP contribution < -0.4 is 0 Å². The fraction of sp³-hybridized carbons (Fsp3) is 0.667. The summed E-state index contributed by atoms with van der Waals surface area (Å²) in [7, 11) is -3.38. The Morgan fingerprint density at radius 3 is 2.47 bits per heavy atom. The molecule has 19 heavy (non-hydrogen) atoms. The van der Waals surface area contributed by atoms with E-state index in [2.05, 4.69) is 29.8 Å². The molecule has 0 bridgehead atoms. The molecule has 7 heteroatoms. The van der Waals surface area contributed by atoms with E-state index in [4.69, 9.17) is 11.6 Å². The lowest BCUT2D eigenvalue weighted by Crippen LogP contribution is -2.41. The first-order chi connectivity index (χ1) is 8.78. The number of rotatable bonds is 3. The molecule has 1 aliphatic rings. The zero-order valence-electron chi connectivity index (χ0n) is 10.9. The van der Waals surface area contributed by atoms with Crippen LogP contribution in [-0.4, -0.2) is 25.8 Å². The van der Waals surface area contributed by atoms with E-state index in [-0.39, 0.29) is 5.41 Å². The summed E-state index contributed by atoms with van der Waals surface area (Å²) in [6.45, 7) is 5.59. The van der Waals surface area contributed by atoms with E-state index in [1.54, 1.807) is 4.31 Å². The molecule has 0 aliphatic carbocycles. The molecule has 1 fully saturated rings. The van der Waals surface area contributed by atoms with Gasteiger partial charge in [0, 0.05) is 13.1 Å². The molecular weight excluding hydrogens is 370 g/mol. The van der Waals surface area contributed by atoms with Gasteiger partial charge in [-0.2, -0.15) is 4.31 Å². The van der Waals surface area contributed by atoms with Crippen molar-refractivity contribution >= 4 is 48.9 Å². The van der Waals surface area contributed by atoms with Gasteiger partial charge in [0.05, 0.1) is 8.81 Å². The van der Waals surface area contributed by atoms with Crippen molar-refractivity contribution < 1.29 is 8.42 Å². The maximum absolute atomic E-state index is 12.5. The molecule has 2 rings (SSSR count). The third-order valence-corrected chi connectivity index (χ3v) is 8.82. The molecule has 108 valence electrons. The second kappa shape index (κ2) is 5.64. The number of piperidine rings is 1. The minimum Gasteiger partial charge on any atom is -0.206 e. The zero-order valence-corrected chi connectivity index (χ0v) is 14.9. The Morgan fingerprint density at radius 2 is 2.05 bits per heavy atom. The lowest BCUT2D eigenvalue weighted by molar-refractivity contribution is 0.169. The molecule has 0 spiro atoms. The van der Waals surface area contributed by atoms with Gasteiger partial charge < -0.3 is 0 Å². The summed E-state index contributed by atoms with van der Waals surface area (Å²) < 4.78 is 27.6. The lowest BCUT2D eigenvalue weighted by Gasteiger charge is -2.37. The van der Waals surface area contributed by atoms with Crippen LogP contribution in [0.1, 0.15) is 33.1 Å². The quantitative estimate of drug-likeness (QED) is 0.773. The minimum absolute atomic E-state index is 0.277. The molecule has 1 aromatic rings. The molecule has 0 N–H and O–H groups in total. The minimum atomic E-state index is -3.38. The first-order valence-corrected chi connectivity index (χ1v) is 9.66. The SMILES string of the molecule is CCC1(C)CCN(S(=O)(=O)c2cc(Cl)c(Br)s2)CC1. The van der Waals surface area contributed by atoms with E-state index in [1.807, 2.05) is 0 Å². The highest BCUT2D eigenvalue weighted by molar-refractivity contribution is 9.11. The third kappa shape index (κ3) is 3.18. The Kier molecular flexibility index (Phi) is 4.68. The number of halogens is 2. The summed E-state index contributed by atoms with van der Waals surface area (Å²) in [5, 5.41) is 0.457. The standard InChI is InChI=1S/C12H17BrClNO2S2/c1-3-12(2)4-6-15(7-5-12)19(16,17)10-8-9(14)11(13)18-10/h8H,3-7H2,1-2H3. The van der Waals surface area contributed by atoms with Crippen LogP contribution in [0.25, 0.3) is 0 Å². The van der Waals surface area contributed by atoms with Crippen LogP contribution in [0.5, 0.6) is 0 Å². The van der Waals surface area contributed by atoms with E-state index in [9.17, 15) is 8.42 Å². The van der Waals surface area contributed by atoms with Gasteiger partial charge in [-0.05, 0) is 40.3 Å². The van der Waals surface area contributed by atoms with Gasteiger partial charge in [0.25, 0.3) is 10.0 Å². The lowest BCUT2D eigenvalue weighted by atomic mass is 9.79. The van der Waals surface area contributed by atoms with Crippen LogP contribution in [-0.2, 0) is 10.0 Å². The fourth-order valence-corrected chi connectivity index (χ4v) is 6.20. The molecular formula is C12H17BrClNO2S2. The summed E-state index contributed by atoms with van der Waals surface area (Å²) in [6.07, 6.45) is 2.93. The maximum atomic E-state index is 12.5. The van der Waals surface area contributed by atoms with Crippen LogP contribution in [0.15, 0.2) is 14.1 Å². The van der Waals surface area contributed by atoms with Crippen LogP contribution >= 0.6 is 38.9 Å². The fourth-order valence-electron chi connectivity index (χ4n) is 2.20. The summed E-state index contributed by atoms with van der Waals surface area (Å²) in [5.41, 5.74) is 0.277. The van der Waals surface area contributed by atoms with Crippen molar-refractivity contribution in [2.75, 3.05) is 13.1 Å². The molecule has 0 unspecified atom stereocenters. The first kappa shape index (κ1) is 15.8. The molecule has 0 saturated carbocycles. The number of nitrogens with zero attached hydrogens (tertiary/aromatic N) is 1. The Labute approximate surface area is 132 Å². The van der Waals surface area contributed by atoms with Gasteiger partial charge >= 0.3 is 0 Å². The summed E-state index contributed by atoms with van der Waals surface area (Å²) >= 11 is 10.4. The van der Waals surface area contributed by atoms with Crippen molar-refractivity contribution in [1.29, 1.82) is 0 Å². The number of hydrogen-bond acceptors (Lipinski definition) is 3. The Hall–Kier alpha value is 0.380. The Morgan fingerprint density at radius 1 is 1.47 bits per heavy atom. The molecule has 1 saturated heterocycles. The first-order valence-electron chi connectivity index (χ1n) is 6.23. The van der Waals surface area contributed by atoms with E-state index in [1.165, 1.54) is 17.4 Å². The second-order valence-corrected chi connectivity index (χ2v) is 10.2. The van der Waals surface area contributed by atoms with Crippen molar-refractivity contribution in [3.8, 4) is 0 Å². The molecule has 1 aliphatic heterocycles. The van der Waals surface area contributed by atoms with E-state index in [0.29, 0.717) is 26.1 Å². The summed E-state index contributed by atoms with van der Waals surface area (Å²) in [5.74, 6) is 0. The topological polar surface area (TPSA) is 37.4 Å². The van der Waals surface area contributed by atoms with Crippen LogP contribution in [0.3, 0.4) is 0 Å². The second-order valence-electron chi connectivity index (χ2n) is 5.26. The van der Waals surface area contributed by atoms with Gasteiger partial charge in [-0.25, -0.2) is 8.42 Å². The normalized spacial score (nSPS) is 20.6.